The number of likely N-dealkylation sites (N-methyl/N-ethyl adjacent to an activating group) is 1. The topological polar surface area (TPSA) is 48.1 Å². The van der Waals surface area contributed by atoms with Crippen molar-refractivity contribution in [3.8, 4) is 11.1 Å². The van der Waals surface area contributed by atoms with Crippen molar-refractivity contribution in [2.45, 2.75) is 18.9 Å². The summed E-state index contributed by atoms with van der Waals surface area (Å²) >= 11 is 6.42. The molecule has 1 aromatic heterocycles. The molecule has 1 atom stereocenters. The van der Waals surface area contributed by atoms with Gasteiger partial charge in [0.05, 0.1) is 10.6 Å². The van der Waals surface area contributed by atoms with Crippen LogP contribution in [0, 0.1) is 5.82 Å². The van der Waals surface area contributed by atoms with E-state index in [-0.39, 0.29) is 17.8 Å². The summed E-state index contributed by atoms with van der Waals surface area (Å²) in [6, 6.07) is 10.2. The largest absolute Gasteiger partial charge is 0.360 e. The van der Waals surface area contributed by atoms with Crippen LogP contribution in [-0.2, 0) is 0 Å². The summed E-state index contributed by atoms with van der Waals surface area (Å²) in [7, 11) is 2.06. The highest BCUT2D eigenvalue weighted by Gasteiger charge is 2.21. The van der Waals surface area contributed by atoms with Crippen LogP contribution in [0.1, 0.15) is 23.2 Å². The van der Waals surface area contributed by atoms with Gasteiger partial charge in [-0.25, -0.2) is 4.39 Å². The molecule has 4 nitrogen and oxygen atoms in total. The third kappa shape index (κ3) is 3.70. The Morgan fingerprint density at radius 1 is 1.30 bits per heavy atom. The van der Waals surface area contributed by atoms with Gasteiger partial charge in [0.2, 0.25) is 0 Å². The molecule has 6 heteroatoms. The molecule has 27 heavy (non-hydrogen) atoms. The van der Waals surface area contributed by atoms with Gasteiger partial charge < -0.3 is 15.2 Å². The number of nitrogens with one attached hydrogen (secondary N) is 2. The van der Waals surface area contributed by atoms with Gasteiger partial charge in [0, 0.05) is 35.2 Å². The standard InChI is InChI=1S/C21H21ClFN3O/c1-26-8-2-3-15(12-26)25-21(27)17-6-4-13(9-19(17)22)18-11-24-20-10-14(23)5-7-16(18)20/h4-7,9-11,15,24H,2-3,8,12H2,1H3,(H,25,27). The van der Waals surface area contributed by atoms with E-state index >= 15 is 0 Å². The number of fused-ring (bicyclic) bond motifs is 1. The molecule has 2 N–H and O–H groups in total. The first-order valence-corrected chi connectivity index (χ1v) is 9.45. The number of H-pyrrole nitrogens is 1. The third-order valence-corrected chi connectivity index (χ3v) is 5.44. The predicted molar refractivity (Wildman–Crippen MR) is 107 cm³/mol. The van der Waals surface area contributed by atoms with Gasteiger partial charge in [-0.2, -0.15) is 0 Å². The Bertz CT molecular complexity index is 1000. The van der Waals surface area contributed by atoms with Crippen LogP contribution in [0.2, 0.25) is 5.02 Å². The molecule has 0 spiro atoms. The van der Waals surface area contributed by atoms with Gasteiger partial charge in [-0.05, 0) is 62.3 Å². The van der Waals surface area contributed by atoms with Crippen molar-refractivity contribution in [1.82, 2.24) is 15.2 Å². The van der Waals surface area contributed by atoms with Gasteiger partial charge in [0.1, 0.15) is 5.82 Å². The Balaban J connectivity index is 1.57. The highest BCUT2D eigenvalue weighted by Crippen LogP contribution is 2.32. The maximum absolute atomic E-state index is 13.4. The molecule has 0 radical (unpaired) electrons. The molecule has 4 rings (SSSR count). The van der Waals surface area contributed by atoms with Gasteiger partial charge in [-0.3, -0.25) is 4.79 Å². The van der Waals surface area contributed by atoms with Crippen LogP contribution in [0.25, 0.3) is 22.0 Å². The Morgan fingerprint density at radius 3 is 2.93 bits per heavy atom. The molecule has 1 aliphatic heterocycles. The van der Waals surface area contributed by atoms with Crippen molar-refractivity contribution in [2.24, 2.45) is 0 Å². The number of hydrogen-bond donors (Lipinski definition) is 2. The SMILES string of the molecule is CN1CCCC(NC(=O)c2ccc(-c3c[nH]c4cc(F)ccc34)cc2Cl)C1. The fourth-order valence-corrected chi connectivity index (χ4v) is 4.02. The predicted octanol–water partition coefficient (Wildman–Crippen LogP) is 4.45. The number of hydrogen-bond acceptors (Lipinski definition) is 2. The number of amides is 1. The molecular formula is C21H21ClFN3O. The molecule has 1 unspecified atom stereocenters. The monoisotopic (exact) mass is 385 g/mol. The quantitative estimate of drug-likeness (QED) is 0.699. The van der Waals surface area contributed by atoms with Crippen molar-refractivity contribution >= 4 is 28.4 Å². The Hall–Kier alpha value is -2.37. The molecule has 1 aliphatic rings. The van der Waals surface area contributed by atoms with E-state index in [1.807, 2.05) is 12.3 Å². The average molecular weight is 386 g/mol. The summed E-state index contributed by atoms with van der Waals surface area (Å²) in [4.78, 5) is 17.9. The summed E-state index contributed by atoms with van der Waals surface area (Å²) in [5, 5.41) is 4.40. The Morgan fingerprint density at radius 2 is 2.15 bits per heavy atom. The molecule has 2 heterocycles. The van der Waals surface area contributed by atoms with Gasteiger partial charge in [0.15, 0.2) is 0 Å². The van der Waals surface area contributed by atoms with Gasteiger partial charge in [0.25, 0.3) is 5.91 Å². The van der Waals surface area contributed by atoms with Crippen molar-refractivity contribution in [1.29, 1.82) is 0 Å². The lowest BCUT2D eigenvalue weighted by molar-refractivity contribution is 0.0912. The van der Waals surface area contributed by atoms with Crippen LogP contribution in [0.4, 0.5) is 4.39 Å². The molecule has 1 fully saturated rings. The number of benzene rings is 2. The zero-order valence-corrected chi connectivity index (χ0v) is 15.8. The summed E-state index contributed by atoms with van der Waals surface area (Å²) in [6.45, 7) is 1.92. The van der Waals surface area contributed by atoms with Crippen LogP contribution < -0.4 is 5.32 Å². The molecule has 0 aliphatic carbocycles. The zero-order chi connectivity index (χ0) is 19.0. The van der Waals surface area contributed by atoms with E-state index in [1.54, 1.807) is 18.2 Å². The minimum Gasteiger partial charge on any atom is -0.360 e. The Kier molecular flexibility index (Phi) is 4.89. The van der Waals surface area contributed by atoms with Crippen LogP contribution >= 0.6 is 11.6 Å². The van der Waals surface area contributed by atoms with Crippen LogP contribution in [-0.4, -0.2) is 42.0 Å². The van der Waals surface area contributed by atoms with Crippen LogP contribution in [0.3, 0.4) is 0 Å². The molecule has 2 aromatic carbocycles. The molecular weight excluding hydrogens is 365 g/mol. The second-order valence-electron chi connectivity index (χ2n) is 7.16. The number of carbonyl (C=O) groups excluding carboxylic acids is 1. The molecule has 1 amide bonds. The number of carbonyl (C=O) groups is 1. The molecule has 3 aromatic rings. The maximum atomic E-state index is 13.4. The third-order valence-electron chi connectivity index (χ3n) is 5.13. The smallest absolute Gasteiger partial charge is 0.253 e. The summed E-state index contributed by atoms with van der Waals surface area (Å²) in [5.41, 5.74) is 3.00. The van der Waals surface area contributed by atoms with Crippen molar-refractivity contribution in [3.63, 3.8) is 0 Å². The summed E-state index contributed by atoms with van der Waals surface area (Å²) in [5.74, 6) is -0.429. The number of aromatic nitrogens is 1. The minimum absolute atomic E-state index is 0.146. The second kappa shape index (κ2) is 7.33. The lowest BCUT2D eigenvalue weighted by atomic mass is 10.0. The van der Waals surface area contributed by atoms with E-state index < -0.39 is 0 Å². The summed E-state index contributed by atoms with van der Waals surface area (Å²) < 4.78 is 13.4. The van der Waals surface area contributed by atoms with Gasteiger partial charge in [-0.1, -0.05) is 17.7 Å². The normalized spacial score (nSPS) is 18.0. The molecule has 140 valence electrons. The fraction of sp³-hybridized carbons (Fsp3) is 0.286. The molecule has 0 saturated carbocycles. The van der Waals surface area contributed by atoms with E-state index in [0.29, 0.717) is 10.6 Å². The fourth-order valence-electron chi connectivity index (χ4n) is 3.75. The van der Waals surface area contributed by atoms with Crippen molar-refractivity contribution < 1.29 is 9.18 Å². The maximum Gasteiger partial charge on any atom is 0.253 e. The highest BCUT2D eigenvalue weighted by atomic mass is 35.5. The lowest BCUT2D eigenvalue weighted by Gasteiger charge is -2.30. The van der Waals surface area contributed by atoms with Crippen LogP contribution in [0.5, 0.6) is 0 Å². The van der Waals surface area contributed by atoms with Gasteiger partial charge >= 0.3 is 0 Å². The first-order valence-electron chi connectivity index (χ1n) is 9.07. The Labute approximate surface area is 162 Å². The van der Waals surface area contributed by atoms with Gasteiger partial charge in [-0.15, -0.1) is 0 Å². The number of aromatic amines is 1. The van der Waals surface area contributed by atoms with E-state index in [2.05, 4.69) is 22.2 Å². The number of halogens is 2. The van der Waals surface area contributed by atoms with Crippen LogP contribution in [0.15, 0.2) is 42.6 Å². The minimum atomic E-state index is -0.283. The number of likely N-dealkylation sites (tertiary alicyclic amines) is 1. The summed E-state index contributed by atoms with van der Waals surface area (Å²) in [6.07, 6.45) is 3.89. The first kappa shape index (κ1) is 18.0. The first-order chi connectivity index (χ1) is 13.0. The molecule has 0 bridgehead atoms. The lowest BCUT2D eigenvalue weighted by Crippen LogP contribution is -2.46. The second-order valence-corrected chi connectivity index (χ2v) is 7.57. The number of nitrogens with zero attached hydrogens (tertiary/aromatic N) is 1. The van der Waals surface area contributed by atoms with Crippen molar-refractivity contribution in [2.75, 3.05) is 20.1 Å². The van der Waals surface area contributed by atoms with Crippen molar-refractivity contribution in [3.05, 3.63) is 59.0 Å². The zero-order valence-electron chi connectivity index (χ0n) is 15.1. The average Bonchev–Trinajstić information content (AvgIpc) is 3.04. The number of rotatable bonds is 3. The highest BCUT2D eigenvalue weighted by molar-refractivity contribution is 6.34. The van der Waals surface area contributed by atoms with E-state index in [9.17, 15) is 9.18 Å². The van der Waals surface area contributed by atoms with E-state index in [4.69, 9.17) is 11.6 Å². The number of piperidine rings is 1. The molecule has 1 saturated heterocycles. The van der Waals surface area contributed by atoms with E-state index in [1.165, 1.54) is 12.1 Å². The van der Waals surface area contributed by atoms with E-state index in [0.717, 1.165) is 48.0 Å².